The fourth-order valence-corrected chi connectivity index (χ4v) is 2.75. The summed E-state index contributed by atoms with van der Waals surface area (Å²) in [7, 11) is 0. The third-order valence-corrected chi connectivity index (χ3v) is 4.12. The Balaban J connectivity index is 1.50. The molecule has 6 heteroatoms. The van der Waals surface area contributed by atoms with Crippen molar-refractivity contribution in [2.24, 2.45) is 0 Å². The van der Waals surface area contributed by atoms with Crippen LogP contribution in [0.3, 0.4) is 0 Å². The first kappa shape index (κ1) is 15.4. The van der Waals surface area contributed by atoms with Crippen LogP contribution in [0.25, 0.3) is 0 Å². The Bertz CT molecular complexity index is 706. The molecule has 1 aliphatic heterocycles. The fourth-order valence-electron chi connectivity index (χ4n) is 2.75. The average molecular weight is 312 g/mol. The topological polar surface area (TPSA) is 69.3 Å². The highest BCUT2D eigenvalue weighted by molar-refractivity contribution is 5.92. The van der Waals surface area contributed by atoms with Crippen LogP contribution in [0.4, 0.5) is 0 Å². The van der Waals surface area contributed by atoms with E-state index >= 15 is 0 Å². The molecule has 6 nitrogen and oxygen atoms in total. The van der Waals surface area contributed by atoms with Crippen molar-refractivity contribution in [3.05, 3.63) is 64.3 Å². The Kier molecular flexibility index (Phi) is 4.83. The molecule has 2 aromatic rings. The number of nitrogens with one attached hydrogen (secondary N) is 1. The van der Waals surface area contributed by atoms with Gasteiger partial charge < -0.3 is 9.88 Å². The lowest BCUT2D eigenvalue weighted by Gasteiger charge is -2.34. The number of carbonyl (C=O) groups excluding carboxylic acids is 1. The lowest BCUT2D eigenvalue weighted by Crippen LogP contribution is -2.49. The molecule has 1 aromatic heterocycles. The van der Waals surface area contributed by atoms with Gasteiger partial charge in [0.1, 0.15) is 5.69 Å². The number of aromatic nitrogens is 2. The van der Waals surface area contributed by atoms with Gasteiger partial charge in [-0.25, -0.2) is 4.98 Å². The average Bonchev–Trinajstić information content (AvgIpc) is 2.61. The van der Waals surface area contributed by atoms with Gasteiger partial charge >= 0.3 is 0 Å². The second kappa shape index (κ2) is 7.19. The van der Waals surface area contributed by atoms with Crippen LogP contribution < -0.4 is 5.56 Å². The number of piperazine rings is 1. The van der Waals surface area contributed by atoms with Gasteiger partial charge in [-0.05, 0) is 12.0 Å². The molecule has 1 amide bonds. The molecule has 3 rings (SSSR count). The van der Waals surface area contributed by atoms with E-state index in [1.54, 1.807) is 4.90 Å². The monoisotopic (exact) mass is 312 g/mol. The third kappa shape index (κ3) is 4.04. The number of hydrogen-bond donors (Lipinski definition) is 1. The number of amides is 1. The lowest BCUT2D eigenvalue weighted by molar-refractivity contribution is 0.0632. The molecule has 1 aromatic carbocycles. The van der Waals surface area contributed by atoms with E-state index in [4.69, 9.17) is 0 Å². The van der Waals surface area contributed by atoms with Crippen molar-refractivity contribution < 1.29 is 4.79 Å². The van der Waals surface area contributed by atoms with Crippen molar-refractivity contribution in [2.45, 2.75) is 6.42 Å². The third-order valence-electron chi connectivity index (χ3n) is 4.12. The molecule has 1 fully saturated rings. The van der Waals surface area contributed by atoms with Crippen molar-refractivity contribution in [3.63, 3.8) is 0 Å². The zero-order valence-electron chi connectivity index (χ0n) is 12.9. The van der Waals surface area contributed by atoms with E-state index in [0.717, 1.165) is 26.1 Å². The van der Waals surface area contributed by atoms with Crippen LogP contribution in [0, 0.1) is 0 Å². The molecule has 0 saturated carbocycles. The van der Waals surface area contributed by atoms with E-state index in [1.165, 1.54) is 18.0 Å². The molecule has 1 saturated heterocycles. The zero-order chi connectivity index (χ0) is 16.1. The summed E-state index contributed by atoms with van der Waals surface area (Å²) >= 11 is 0. The number of nitrogens with zero attached hydrogens (tertiary/aromatic N) is 3. The number of H-pyrrole nitrogens is 1. The molecular formula is C17H20N4O2. The molecule has 1 aliphatic rings. The van der Waals surface area contributed by atoms with Crippen LogP contribution in [0.2, 0.25) is 0 Å². The first-order valence-corrected chi connectivity index (χ1v) is 7.83. The molecule has 1 N–H and O–H groups in total. The second-order valence-electron chi connectivity index (χ2n) is 5.67. The minimum Gasteiger partial charge on any atom is -0.335 e. The van der Waals surface area contributed by atoms with Gasteiger partial charge in [-0.1, -0.05) is 30.3 Å². The van der Waals surface area contributed by atoms with Crippen molar-refractivity contribution >= 4 is 5.91 Å². The van der Waals surface area contributed by atoms with E-state index in [9.17, 15) is 9.59 Å². The van der Waals surface area contributed by atoms with Gasteiger partial charge in [-0.15, -0.1) is 0 Å². The number of rotatable bonds is 4. The maximum Gasteiger partial charge on any atom is 0.272 e. The first-order chi connectivity index (χ1) is 11.2. The summed E-state index contributed by atoms with van der Waals surface area (Å²) in [5.74, 6) is -0.168. The largest absolute Gasteiger partial charge is 0.335 e. The molecule has 23 heavy (non-hydrogen) atoms. The molecule has 120 valence electrons. The maximum absolute atomic E-state index is 12.3. The predicted molar refractivity (Wildman–Crippen MR) is 87.3 cm³/mol. The summed E-state index contributed by atoms with van der Waals surface area (Å²) in [6.45, 7) is 4.03. The number of benzene rings is 1. The van der Waals surface area contributed by atoms with Gasteiger partial charge in [0, 0.05) is 38.8 Å². The SMILES string of the molecule is O=C(c1cc(=O)[nH]cn1)N1CCN(CCc2ccccc2)CC1. The van der Waals surface area contributed by atoms with Crippen LogP contribution in [0.15, 0.2) is 47.5 Å². The summed E-state index contributed by atoms with van der Waals surface area (Å²) in [6.07, 6.45) is 2.29. The summed E-state index contributed by atoms with van der Waals surface area (Å²) in [4.78, 5) is 34.1. The number of carbonyl (C=O) groups is 1. The van der Waals surface area contributed by atoms with Gasteiger partial charge in [-0.3, -0.25) is 14.5 Å². The Morgan fingerprint density at radius 2 is 1.87 bits per heavy atom. The molecule has 0 radical (unpaired) electrons. The van der Waals surface area contributed by atoms with Crippen molar-refractivity contribution in [2.75, 3.05) is 32.7 Å². The molecule has 0 spiro atoms. The van der Waals surface area contributed by atoms with E-state index in [-0.39, 0.29) is 17.2 Å². The number of hydrogen-bond acceptors (Lipinski definition) is 4. The normalized spacial score (nSPS) is 15.6. The van der Waals surface area contributed by atoms with Crippen LogP contribution in [-0.2, 0) is 6.42 Å². The summed E-state index contributed by atoms with van der Waals surface area (Å²) in [6, 6.07) is 11.7. The molecule has 0 aliphatic carbocycles. The fraction of sp³-hybridized carbons (Fsp3) is 0.353. The molecule has 0 unspecified atom stereocenters. The Hall–Kier alpha value is -2.47. The van der Waals surface area contributed by atoms with Crippen molar-refractivity contribution in [1.82, 2.24) is 19.8 Å². The highest BCUT2D eigenvalue weighted by Crippen LogP contribution is 2.08. The quantitative estimate of drug-likeness (QED) is 0.905. The van der Waals surface area contributed by atoms with Gasteiger partial charge in [-0.2, -0.15) is 0 Å². The second-order valence-corrected chi connectivity index (χ2v) is 5.67. The Morgan fingerprint density at radius 1 is 1.13 bits per heavy atom. The highest BCUT2D eigenvalue weighted by atomic mass is 16.2. The predicted octanol–water partition coefficient (Wildman–Crippen LogP) is 0.770. The minimum absolute atomic E-state index is 0.168. The molecule has 0 bridgehead atoms. The summed E-state index contributed by atoms with van der Waals surface area (Å²) in [5, 5.41) is 0. The Morgan fingerprint density at radius 3 is 2.57 bits per heavy atom. The van der Waals surface area contributed by atoms with Gasteiger partial charge in [0.05, 0.1) is 6.33 Å². The molecule has 2 heterocycles. The van der Waals surface area contributed by atoms with Gasteiger partial charge in [0.25, 0.3) is 11.5 Å². The van der Waals surface area contributed by atoms with E-state index in [1.807, 2.05) is 6.07 Å². The molecular weight excluding hydrogens is 292 g/mol. The minimum atomic E-state index is -0.301. The Labute approximate surface area is 134 Å². The van der Waals surface area contributed by atoms with Crippen LogP contribution in [-0.4, -0.2) is 58.4 Å². The zero-order valence-corrected chi connectivity index (χ0v) is 12.9. The van der Waals surface area contributed by atoms with Crippen LogP contribution >= 0.6 is 0 Å². The molecule has 0 atom stereocenters. The van der Waals surface area contributed by atoms with E-state index in [0.29, 0.717) is 13.1 Å². The maximum atomic E-state index is 12.3. The highest BCUT2D eigenvalue weighted by Gasteiger charge is 2.22. The van der Waals surface area contributed by atoms with Crippen LogP contribution in [0.1, 0.15) is 16.1 Å². The van der Waals surface area contributed by atoms with E-state index < -0.39 is 0 Å². The standard InChI is InChI=1S/C17H20N4O2/c22-16-12-15(18-13-19-16)17(23)21-10-8-20(9-11-21)7-6-14-4-2-1-3-5-14/h1-5,12-13H,6-11H2,(H,18,19,22). The summed E-state index contributed by atoms with van der Waals surface area (Å²) < 4.78 is 0. The van der Waals surface area contributed by atoms with Gasteiger partial charge in [0.15, 0.2) is 0 Å². The van der Waals surface area contributed by atoms with Crippen molar-refractivity contribution in [1.29, 1.82) is 0 Å². The smallest absolute Gasteiger partial charge is 0.272 e. The first-order valence-electron chi connectivity index (χ1n) is 7.83. The van der Waals surface area contributed by atoms with E-state index in [2.05, 4.69) is 39.1 Å². The van der Waals surface area contributed by atoms with Crippen molar-refractivity contribution in [3.8, 4) is 0 Å². The van der Waals surface area contributed by atoms with Gasteiger partial charge in [0.2, 0.25) is 0 Å². The summed E-state index contributed by atoms with van der Waals surface area (Å²) in [5.41, 5.74) is 1.25. The van der Waals surface area contributed by atoms with Crippen LogP contribution in [0.5, 0.6) is 0 Å². The lowest BCUT2D eigenvalue weighted by atomic mass is 10.1. The number of aromatic amines is 1.